The summed E-state index contributed by atoms with van der Waals surface area (Å²) in [6, 6.07) is 10.1. The summed E-state index contributed by atoms with van der Waals surface area (Å²) in [6.07, 6.45) is -8.95. The van der Waals surface area contributed by atoms with E-state index in [9.17, 15) is 31.4 Å². The second-order valence-electron chi connectivity index (χ2n) is 8.60. The van der Waals surface area contributed by atoms with E-state index in [0.29, 0.717) is 18.5 Å². The highest BCUT2D eigenvalue weighted by molar-refractivity contribution is 5.86. The lowest BCUT2D eigenvalue weighted by molar-refractivity contribution is -0.142. The maximum absolute atomic E-state index is 13.7. The molecule has 2 aromatic carbocycles. The van der Waals surface area contributed by atoms with Gasteiger partial charge >= 0.3 is 12.4 Å². The van der Waals surface area contributed by atoms with Crippen molar-refractivity contribution < 1.29 is 36.2 Å². The number of rotatable bonds is 2. The van der Waals surface area contributed by atoms with Gasteiger partial charge in [0.25, 0.3) is 0 Å². The minimum atomic E-state index is -4.93. The third kappa shape index (κ3) is 3.98. The third-order valence-corrected chi connectivity index (χ3v) is 6.47. The lowest BCUT2D eigenvalue weighted by atomic mass is 9.91. The number of ether oxygens (including phenoxy) is 1. The highest BCUT2D eigenvalue weighted by atomic mass is 19.4. The molecule has 2 aliphatic heterocycles. The number of phenolic OH excluding ortho intramolecular Hbond substituents is 1. The maximum atomic E-state index is 13.7. The number of aromatic nitrogens is 1. The third-order valence-electron chi connectivity index (χ3n) is 6.47. The van der Waals surface area contributed by atoms with Crippen molar-refractivity contribution >= 4 is 10.9 Å². The second-order valence-corrected chi connectivity index (χ2v) is 8.60. The predicted molar refractivity (Wildman–Crippen MR) is 111 cm³/mol. The number of hydrogen-bond acceptors (Lipinski definition) is 4. The van der Waals surface area contributed by atoms with E-state index in [2.05, 4.69) is 4.98 Å². The van der Waals surface area contributed by atoms with Crippen molar-refractivity contribution in [2.75, 3.05) is 6.54 Å². The van der Waals surface area contributed by atoms with Gasteiger partial charge in [0, 0.05) is 18.0 Å². The quantitative estimate of drug-likeness (QED) is 0.418. The van der Waals surface area contributed by atoms with E-state index in [1.807, 2.05) is 4.90 Å². The zero-order valence-electron chi connectivity index (χ0n) is 17.7. The van der Waals surface area contributed by atoms with E-state index < -0.39 is 41.5 Å². The highest BCUT2D eigenvalue weighted by Crippen LogP contribution is 2.49. The Hall–Kier alpha value is -2.85. The smallest absolute Gasteiger partial charge is 0.433 e. The lowest BCUT2D eigenvalue weighted by Gasteiger charge is -2.33. The first-order valence-corrected chi connectivity index (χ1v) is 10.8. The van der Waals surface area contributed by atoms with Crippen LogP contribution in [0.25, 0.3) is 10.9 Å². The molecule has 0 spiro atoms. The van der Waals surface area contributed by atoms with E-state index in [0.717, 1.165) is 25.0 Å². The number of pyridine rings is 1. The number of halogens is 6. The molecule has 0 bridgehead atoms. The number of nitrogens with zero attached hydrogens (tertiary/aromatic N) is 2. The van der Waals surface area contributed by atoms with Crippen molar-refractivity contribution in [3.8, 4) is 5.75 Å². The molecule has 180 valence electrons. The zero-order chi connectivity index (χ0) is 24.3. The molecule has 0 saturated carbocycles. The molecule has 0 aliphatic carbocycles. The molecule has 1 unspecified atom stereocenters. The molecule has 3 atom stereocenters. The summed E-state index contributed by atoms with van der Waals surface area (Å²) < 4.78 is 88.4. The Morgan fingerprint density at radius 2 is 1.68 bits per heavy atom. The van der Waals surface area contributed by atoms with E-state index in [4.69, 9.17) is 4.74 Å². The van der Waals surface area contributed by atoms with Crippen LogP contribution in [0.3, 0.4) is 0 Å². The fraction of sp³-hybridized carbons (Fsp3) is 0.375. The van der Waals surface area contributed by atoms with Gasteiger partial charge in [0.2, 0.25) is 0 Å². The van der Waals surface area contributed by atoms with Crippen LogP contribution in [-0.2, 0) is 17.1 Å². The van der Waals surface area contributed by atoms with Crippen LogP contribution in [0.2, 0.25) is 0 Å². The van der Waals surface area contributed by atoms with Gasteiger partial charge in [0.1, 0.15) is 23.8 Å². The van der Waals surface area contributed by atoms with Crippen molar-refractivity contribution in [2.45, 2.75) is 50.0 Å². The van der Waals surface area contributed by atoms with Gasteiger partial charge in [-0.05, 0) is 48.2 Å². The summed E-state index contributed by atoms with van der Waals surface area (Å²) in [5.41, 5.74) is -2.59. The van der Waals surface area contributed by atoms with E-state index in [-0.39, 0.29) is 22.7 Å². The number of phenols is 1. The Bertz CT molecular complexity index is 1210. The number of piperidine rings is 1. The molecule has 1 N–H and O–H groups in total. The van der Waals surface area contributed by atoms with Crippen molar-refractivity contribution in [2.24, 2.45) is 0 Å². The topological polar surface area (TPSA) is 45.6 Å². The molecule has 2 aliphatic rings. The Morgan fingerprint density at radius 3 is 2.35 bits per heavy atom. The molecule has 5 rings (SSSR count). The van der Waals surface area contributed by atoms with Crippen LogP contribution in [0, 0.1) is 0 Å². The summed E-state index contributed by atoms with van der Waals surface area (Å²) in [4.78, 5) is 5.43. The predicted octanol–water partition coefficient (Wildman–Crippen LogP) is 6.60. The number of benzene rings is 2. The van der Waals surface area contributed by atoms with Gasteiger partial charge in [-0.3, -0.25) is 4.90 Å². The number of fused-ring (bicyclic) bond motifs is 2. The molecule has 4 nitrogen and oxygen atoms in total. The molecule has 3 aromatic rings. The summed E-state index contributed by atoms with van der Waals surface area (Å²) in [5.74, 6) is 0.0584. The van der Waals surface area contributed by atoms with Crippen LogP contribution in [-0.4, -0.2) is 27.6 Å². The summed E-state index contributed by atoms with van der Waals surface area (Å²) in [7, 11) is 0. The summed E-state index contributed by atoms with van der Waals surface area (Å²) in [6.45, 7) is 0.635. The number of para-hydroxylation sites is 1. The normalized spacial score (nSPS) is 23.9. The van der Waals surface area contributed by atoms with E-state index >= 15 is 0 Å². The van der Waals surface area contributed by atoms with Gasteiger partial charge in [-0.25, -0.2) is 4.98 Å². The van der Waals surface area contributed by atoms with Crippen LogP contribution in [0.15, 0.2) is 48.5 Å². The zero-order valence-corrected chi connectivity index (χ0v) is 17.7. The Labute approximate surface area is 190 Å². The van der Waals surface area contributed by atoms with Crippen LogP contribution >= 0.6 is 0 Å². The van der Waals surface area contributed by atoms with Crippen LogP contribution < -0.4 is 0 Å². The Kier molecular flexibility index (Phi) is 5.48. The molecule has 34 heavy (non-hydrogen) atoms. The van der Waals surface area contributed by atoms with E-state index in [1.165, 1.54) is 24.3 Å². The van der Waals surface area contributed by atoms with Crippen LogP contribution in [0.5, 0.6) is 5.75 Å². The maximum Gasteiger partial charge on any atom is 0.433 e. The largest absolute Gasteiger partial charge is 0.508 e. The number of alkyl halides is 6. The first-order valence-electron chi connectivity index (χ1n) is 10.8. The minimum absolute atomic E-state index is 0.00953. The fourth-order valence-electron chi connectivity index (χ4n) is 4.98. The number of aromatic hydroxyl groups is 1. The molecule has 3 heterocycles. The molecule has 1 aromatic heterocycles. The molecule has 0 amide bonds. The fourth-order valence-corrected chi connectivity index (χ4v) is 4.98. The van der Waals surface area contributed by atoms with Crippen LogP contribution in [0.4, 0.5) is 26.3 Å². The lowest BCUT2D eigenvalue weighted by Crippen LogP contribution is -2.37. The van der Waals surface area contributed by atoms with E-state index in [1.54, 1.807) is 12.1 Å². The van der Waals surface area contributed by atoms with Gasteiger partial charge in [0.05, 0.1) is 11.1 Å². The van der Waals surface area contributed by atoms with Gasteiger partial charge in [-0.1, -0.05) is 30.7 Å². The molecule has 2 saturated heterocycles. The molecule has 10 heteroatoms. The standard InChI is InChI=1S/C24H20F6N2O2/c25-23(26,27)17-5-3-4-15-16(12-19(24(28,29)30)31-20(15)17)21-18-6-1-2-11-32(18)22(34-21)13-7-9-14(33)10-8-13/h3-5,7-10,12,18,21-22,33H,1-2,6,11H2/t18-,21+,22?/m1/s1. The minimum Gasteiger partial charge on any atom is -0.508 e. The van der Waals surface area contributed by atoms with Crippen LogP contribution in [0.1, 0.15) is 54.0 Å². The average molecular weight is 482 g/mol. The first-order chi connectivity index (χ1) is 16.0. The number of hydrogen-bond donors (Lipinski definition) is 1. The Balaban J connectivity index is 1.69. The molecular weight excluding hydrogens is 462 g/mol. The highest BCUT2D eigenvalue weighted by Gasteiger charge is 2.46. The molecular formula is C24H20F6N2O2. The van der Waals surface area contributed by atoms with Gasteiger partial charge in [-0.2, -0.15) is 26.3 Å². The van der Waals surface area contributed by atoms with Crippen molar-refractivity contribution in [1.29, 1.82) is 0 Å². The second kappa shape index (κ2) is 8.13. The van der Waals surface area contributed by atoms with Gasteiger partial charge < -0.3 is 9.84 Å². The SMILES string of the molecule is Oc1ccc(C2O[C@@H](c3cc(C(F)(F)F)nc4c(C(F)(F)F)cccc34)[C@H]3CCCCN23)cc1. The van der Waals surface area contributed by atoms with Crippen molar-refractivity contribution in [1.82, 2.24) is 9.88 Å². The van der Waals surface area contributed by atoms with Crippen molar-refractivity contribution in [3.63, 3.8) is 0 Å². The first kappa shape index (κ1) is 22.9. The summed E-state index contributed by atoms with van der Waals surface area (Å²) >= 11 is 0. The monoisotopic (exact) mass is 482 g/mol. The summed E-state index contributed by atoms with van der Waals surface area (Å²) in [5, 5.41) is 9.61. The van der Waals surface area contributed by atoms with Gasteiger partial charge in [-0.15, -0.1) is 0 Å². The molecule has 0 radical (unpaired) electrons. The molecule has 2 fully saturated rings. The average Bonchev–Trinajstić information content (AvgIpc) is 3.17. The van der Waals surface area contributed by atoms with Crippen molar-refractivity contribution in [3.05, 3.63) is 70.9 Å². The van der Waals surface area contributed by atoms with Gasteiger partial charge in [0.15, 0.2) is 0 Å². The Morgan fingerprint density at radius 1 is 0.941 bits per heavy atom.